The third kappa shape index (κ3) is 2.92. The first-order chi connectivity index (χ1) is 10.2. The van der Waals surface area contributed by atoms with Crippen LogP contribution >= 0.6 is 11.3 Å². The largest absolute Gasteiger partial charge is 0.271 e. The van der Waals surface area contributed by atoms with E-state index in [9.17, 15) is 8.78 Å². The van der Waals surface area contributed by atoms with Crippen LogP contribution in [0.3, 0.4) is 0 Å². The molecule has 0 saturated heterocycles. The van der Waals surface area contributed by atoms with Crippen molar-refractivity contribution in [1.29, 1.82) is 0 Å². The highest BCUT2D eigenvalue weighted by atomic mass is 32.1. The first-order valence-corrected chi connectivity index (χ1v) is 7.28. The van der Waals surface area contributed by atoms with Crippen molar-refractivity contribution in [3.8, 4) is 0 Å². The summed E-state index contributed by atoms with van der Waals surface area (Å²) in [7, 11) is 0. The Labute approximate surface area is 124 Å². The van der Waals surface area contributed by atoms with Crippen LogP contribution in [-0.2, 0) is 6.42 Å². The monoisotopic (exact) mass is 305 g/mol. The van der Waals surface area contributed by atoms with E-state index in [2.05, 4.69) is 10.4 Å². The molecule has 0 aliphatic heterocycles. The van der Waals surface area contributed by atoms with E-state index in [0.29, 0.717) is 0 Å². The molecule has 6 heteroatoms. The molecule has 2 heterocycles. The molecule has 108 valence electrons. The summed E-state index contributed by atoms with van der Waals surface area (Å²) < 4.78 is 28.0. The number of nitrogens with two attached hydrogens (primary N) is 1. The molecular formula is C15H13F2N3S. The zero-order chi connectivity index (χ0) is 14.8. The Hall–Kier alpha value is -1.89. The van der Waals surface area contributed by atoms with Crippen LogP contribution in [0.5, 0.6) is 0 Å². The predicted octanol–water partition coefficient (Wildman–Crippen LogP) is 3.32. The molecule has 2 aromatic heterocycles. The van der Waals surface area contributed by atoms with Gasteiger partial charge in [0, 0.05) is 6.20 Å². The molecule has 1 aromatic carbocycles. The molecule has 0 fully saturated rings. The highest BCUT2D eigenvalue weighted by Crippen LogP contribution is 2.25. The second-order valence-corrected chi connectivity index (χ2v) is 5.68. The Balaban J connectivity index is 1.92. The fourth-order valence-electron chi connectivity index (χ4n) is 2.24. The van der Waals surface area contributed by atoms with Gasteiger partial charge in [0.05, 0.1) is 16.3 Å². The summed E-state index contributed by atoms with van der Waals surface area (Å²) in [6, 6.07) is 6.98. The number of benzene rings is 1. The number of hydrogen-bond donors (Lipinski definition) is 2. The number of rotatable bonds is 4. The van der Waals surface area contributed by atoms with Gasteiger partial charge in [-0.05, 0) is 53.3 Å². The summed E-state index contributed by atoms with van der Waals surface area (Å²) >= 11 is 1.58. The van der Waals surface area contributed by atoms with E-state index < -0.39 is 11.6 Å². The van der Waals surface area contributed by atoms with Gasteiger partial charge in [0.25, 0.3) is 0 Å². The minimum absolute atomic E-state index is 0.249. The minimum Gasteiger partial charge on any atom is -0.271 e. The molecule has 3 nitrogen and oxygen atoms in total. The van der Waals surface area contributed by atoms with Gasteiger partial charge in [0.15, 0.2) is 0 Å². The Morgan fingerprint density at radius 2 is 2.10 bits per heavy atom. The summed E-state index contributed by atoms with van der Waals surface area (Å²) in [5.41, 5.74) is 4.68. The lowest BCUT2D eigenvalue weighted by Crippen LogP contribution is -2.30. The van der Waals surface area contributed by atoms with Gasteiger partial charge >= 0.3 is 0 Å². The smallest absolute Gasteiger partial charge is 0.126 e. The van der Waals surface area contributed by atoms with Gasteiger partial charge in [0.2, 0.25) is 0 Å². The van der Waals surface area contributed by atoms with E-state index in [0.717, 1.165) is 27.9 Å². The van der Waals surface area contributed by atoms with Crippen molar-refractivity contribution in [3.63, 3.8) is 0 Å². The first kappa shape index (κ1) is 14.1. The molecule has 0 saturated carbocycles. The van der Waals surface area contributed by atoms with Gasteiger partial charge in [-0.3, -0.25) is 16.3 Å². The summed E-state index contributed by atoms with van der Waals surface area (Å²) in [4.78, 5) is 4.34. The maximum atomic E-state index is 13.7. The lowest BCUT2D eigenvalue weighted by molar-refractivity contribution is 0.522. The van der Waals surface area contributed by atoms with Gasteiger partial charge in [-0.25, -0.2) is 8.78 Å². The highest BCUT2D eigenvalue weighted by molar-refractivity contribution is 7.17. The summed E-state index contributed by atoms with van der Waals surface area (Å²) in [5.74, 6) is 4.66. The first-order valence-electron chi connectivity index (χ1n) is 6.40. The molecule has 1 atom stereocenters. The molecule has 0 amide bonds. The SMILES string of the molecule is NNC(Cc1cc(F)ccc1F)c1cnc2ccsc2c1. The van der Waals surface area contributed by atoms with Crippen LogP contribution in [0, 0.1) is 11.6 Å². The average Bonchev–Trinajstić information content (AvgIpc) is 2.95. The molecule has 3 N–H and O–H groups in total. The van der Waals surface area contributed by atoms with Crippen molar-refractivity contribution in [2.45, 2.75) is 12.5 Å². The van der Waals surface area contributed by atoms with Gasteiger partial charge in [-0.1, -0.05) is 0 Å². The van der Waals surface area contributed by atoms with Crippen LogP contribution < -0.4 is 11.3 Å². The molecule has 0 aliphatic carbocycles. The van der Waals surface area contributed by atoms with Crippen molar-refractivity contribution >= 4 is 21.6 Å². The lowest BCUT2D eigenvalue weighted by Gasteiger charge is -2.16. The third-order valence-electron chi connectivity index (χ3n) is 3.36. The predicted molar refractivity (Wildman–Crippen MR) is 79.7 cm³/mol. The Bertz CT molecular complexity index is 772. The van der Waals surface area contributed by atoms with Crippen molar-refractivity contribution in [2.75, 3.05) is 0 Å². The molecule has 1 unspecified atom stereocenters. The van der Waals surface area contributed by atoms with E-state index >= 15 is 0 Å². The Morgan fingerprint density at radius 1 is 1.24 bits per heavy atom. The molecule has 21 heavy (non-hydrogen) atoms. The minimum atomic E-state index is -0.464. The van der Waals surface area contributed by atoms with Crippen LogP contribution in [0.25, 0.3) is 10.2 Å². The summed E-state index contributed by atoms with van der Waals surface area (Å²) in [6.07, 6.45) is 1.95. The van der Waals surface area contributed by atoms with Gasteiger partial charge in [-0.2, -0.15) is 0 Å². The number of hydrogen-bond acceptors (Lipinski definition) is 4. The number of aromatic nitrogens is 1. The van der Waals surface area contributed by atoms with E-state index in [1.807, 2.05) is 17.5 Å². The fourth-order valence-corrected chi connectivity index (χ4v) is 3.03. The zero-order valence-electron chi connectivity index (χ0n) is 11.0. The average molecular weight is 305 g/mol. The van der Waals surface area contributed by atoms with Gasteiger partial charge < -0.3 is 0 Å². The summed E-state index contributed by atoms with van der Waals surface area (Å²) in [6.45, 7) is 0. The second kappa shape index (κ2) is 5.85. The second-order valence-electron chi connectivity index (χ2n) is 4.73. The van der Waals surface area contributed by atoms with Crippen LogP contribution in [-0.4, -0.2) is 4.98 Å². The van der Waals surface area contributed by atoms with Crippen LogP contribution in [0.4, 0.5) is 8.78 Å². The number of hydrazine groups is 1. The number of nitrogens with one attached hydrogen (secondary N) is 1. The van der Waals surface area contributed by atoms with Gasteiger partial charge in [0.1, 0.15) is 11.6 Å². The number of halogens is 2. The van der Waals surface area contributed by atoms with Crippen LogP contribution in [0.1, 0.15) is 17.2 Å². The number of thiophene rings is 1. The lowest BCUT2D eigenvalue weighted by atomic mass is 10.00. The topological polar surface area (TPSA) is 50.9 Å². The van der Waals surface area contributed by atoms with Gasteiger partial charge in [-0.15, -0.1) is 11.3 Å². The van der Waals surface area contributed by atoms with Crippen molar-refractivity contribution < 1.29 is 8.78 Å². The van der Waals surface area contributed by atoms with E-state index in [4.69, 9.17) is 5.84 Å². The molecular weight excluding hydrogens is 292 g/mol. The van der Waals surface area contributed by atoms with E-state index in [1.165, 1.54) is 6.07 Å². The maximum absolute atomic E-state index is 13.7. The maximum Gasteiger partial charge on any atom is 0.126 e. The Morgan fingerprint density at radius 3 is 2.90 bits per heavy atom. The molecule has 0 bridgehead atoms. The third-order valence-corrected chi connectivity index (χ3v) is 4.21. The van der Waals surface area contributed by atoms with E-state index in [1.54, 1.807) is 17.5 Å². The normalized spacial score (nSPS) is 12.7. The van der Waals surface area contributed by atoms with Crippen molar-refractivity contribution in [3.05, 3.63) is 64.7 Å². The molecule has 3 rings (SSSR count). The van der Waals surface area contributed by atoms with Crippen LogP contribution in [0.15, 0.2) is 41.9 Å². The summed E-state index contributed by atoms with van der Waals surface area (Å²) in [5, 5.41) is 1.96. The van der Waals surface area contributed by atoms with Crippen molar-refractivity contribution in [1.82, 2.24) is 10.4 Å². The number of pyridine rings is 1. The molecule has 3 aromatic rings. The molecule has 0 aliphatic rings. The quantitative estimate of drug-likeness (QED) is 0.574. The molecule has 0 spiro atoms. The highest BCUT2D eigenvalue weighted by Gasteiger charge is 2.15. The molecule has 0 radical (unpaired) electrons. The van der Waals surface area contributed by atoms with E-state index in [-0.39, 0.29) is 18.0 Å². The zero-order valence-corrected chi connectivity index (χ0v) is 11.8. The van der Waals surface area contributed by atoms with Crippen LogP contribution in [0.2, 0.25) is 0 Å². The number of nitrogens with zero attached hydrogens (tertiary/aromatic N) is 1. The standard InChI is InChI=1S/C15H13F2N3S/c16-11-1-2-12(17)9(5-11)6-14(20-18)10-7-15-13(19-8-10)3-4-21-15/h1-5,7-8,14,20H,6,18H2. The fraction of sp³-hybridized carbons (Fsp3) is 0.133. The van der Waals surface area contributed by atoms with Crippen molar-refractivity contribution in [2.24, 2.45) is 5.84 Å². The Kier molecular flexibility index (Phi) is 3.92. The number of fused-ring (bicyclic) bond motifs is 1.